The number of rotatable bonds is 3. The van der Waals surface area contributed by atoms with E-state index in [9.17, 15) is 4.79 Å². The summed E-state index contributed by atoms with van der Waals surface area (Å²) in [5.41, 5.74) is 1.24. The van der Waals surface area contributed by atoms with Crippen LogP contribution in [0.3, 0.4) is 0 Å². The molecule has 0 spiro atoms. The second kappa shape index (κ2) is 5.71. The second-order valence-electron chi connectivity index (χ2n) is 2.26. The summed E-state index contributed by atoms with van der Waals surface area (Å²) < 4.78 is 4.42. The van der Waals surface area contributed by atoms with E-state index in [1.54, 1.807) is 6.08 Å². The summed E-state index contributed by atoms with van der Waals surface area (Å²) in [6.45, 7) is 3.99. The van der Waals surface area contributed by atoms with E-state index in [0.717, 1.165) is 6.42 Å². The molecule has 0 aromatic heterocycles. The molecule has 2 nitrogen and oxygen atoms in total. The molecule has 0 aliphatic heterocycles. The van der Waals surface area contributed by atoms with Gasteiger partial charge in [0.25, 0.3) is 0 Å². The summed E-state index contributed by atoms with van der Waals surface area (Å²) in [6, 6.07) is 0. The molecule has 0 amide bonds. The van der Waals surface area contributed by atoms with Crippen molar-refractivity contribution < 1.29 is 9.53 Å². The lowest BCUT2D eigenvalue weighted by Gasteiger charge is -1.91. The average molecular weight is 154 g/mol. The number of hydrogen-bond donors (Lipinski definition) is 0. The molecule has 0 saturated carbocycles. The van der Waals surface area contributed by atoms with Gasteiger partial charge in [-0.1, -0.05) is 17.7 Å². The SMILES string of the molecule is C/C=C(/C)C/C=C/C(=O)OC. The Kier molecular flexibility index (Phi) is 5.17. The van der Waals surface area contributed by atoms with Gasteiger partial charge in [0.15, 0.2) is 0 Å². The van der Waals surface area contributed by atoms with Crippen molar-refractivity contribution in [1.29, 1.82) is 0 Å². The maximum Gasteiger partial charge on any atom is 0.330 e. The maximum atomic E-state index is 10.6. The van der Waals surface area contributed by atoms with E-state index < -0.39 is 0 Å². The minimum Gasteiger partial charge on any atom is -0.466 e. The number of ether oxygens (including phenoxy) is 1. The van der Waals surface area contributed by atoms with Gasteiger partial charge >= 0.3 is 5.97 Å². The number of hydrogen-bond acceptors (Lipinski definition) is 2. The van der Waals surface area contributed by atoms with Crippen molar-refractivity contribution in [1.82, 2.24) is 0 Å². The first-order valence-electron chi connectivity index (χ1n) is 3.57. The number of esters is 1. The van der Waals surface area contributed by atoms with Crippen molar-refractivity contribution in [2.75, 3.05) is 7.11 Å². The van der Waals surface area contributed by atoms with Gasteiger partial charge in [-0.3, -0.25) is 0 Å². The summed E-state index contributed by atoms with van der Waals surface area (Å²) >= 11 is 0. The van der Waals surface area contributed by atoms with Crippen LogP contribution in [-0.4, -0.2) is 13.1 Å². The first-order valence-corrected chi connectivity index (χ1v) is 3.57. The summed E-state index contributed by atoms with van der Waals surface area (Å²) in [5.74, 6) is -0.297. The van der Waals surface area contributed by atoms with Crippen LogP contribution >= 0.6 is 0 Å². The van der Waals surface area contributed by atoms with E-state index in [4.69, 9.17) is 0 Å². The predicted octanol–water partition coefficient (Wildman–Crippen LogP) is 2.07. The van der Waals surface area contributed by atoms with Gasteiger partial charge in [0.2, 0.25) is 0 Å². The quantitative estimate of drug-likeness (QED) is 0.353. The Morgan fingerprint density at radius 3 is 2.64 bits per heavy atom. The number of allylic oxidation sites excluding steroid dienone is 3. The van der Waals surface area contributed by atoms with Gasteiger partial charge in [-0.2, -0.15) is 0 Å². The van der Waals surface area contributed by atoms with E-state index in [2.05, 4.69) is 4.74 Å². The maximum absolute atomic E-state index is 10.6. The molecule has 0 aromatic rings. The molecular weight excluding hydrogens is 140 g/mol. The number of carbonyl (C=O) groups is 1. The first-order chi connectivity index (χ1) is 5.20. The predicted molar refractivity (Wildman–Crippen MR) is 45.2 cm³/mol. The fourth-order valence-electron chi connectivity index (χ4n) is 0.527. The monoisotopic (exact) mass is 154 g/mol. The Balaban J connectivity index is 3.69. The molecule has 0 aromatic carbocycles. The van der Waals surface area contributed by atoms with Crippen molar-refractivity contribution in [2.24, 2.45) is 0 Å². The van der Waals surface area contributed by atoms with E-state index >= 15 is 0 Å². The molecule has 0 aliphatic carbocycles. The van der Waals surface area contributed by atoms with E-state index in [1.807, 2.05) is 19.9 Å². The zero-order chi connectivity index (χ0) is 8.69. The van der Waals surface area contributed by atoms with Crippen molar-refractivity contribution in [3.8, 4) is 0 Å². The minimum atomic E-state index is -0.297. The standard InChI is InChI=1S/C9H14O2/c1-4-8(2)6-5-7-9(10)11-3/h4-5,7H,6H2,1-3H3/b7-5+,8-4-. The number of carbonyl (C=O) groups excluding carboxylic acids is 1. The first kappa shape index (κ1) is 9.95. The van der Waals surface area contributed by atoms with Crippen LogP contribution in [0.1, 0.15) is 20.3 Å². The van der Waals surface area contributed by atoms with Crippen molar-refractivity contribution in [3.63, 3.8) is 0 Å². The Labute approximate surface area is 67.6 Å². The molecule has 0 fully saturated rings. The Morgan fingerprint density at radius 2 is 2.18 bits per heavy atom. The Hall–Kier alpha value is -1.05. The average Bonchev–Trinajstić information content (AvgIpc) is 2.04. The van der Waals surface area contributed by atoms with Crippen molar-refractivity contribution in [2.45, 2.75) is 20.3 Å². The fraction of sp³-hybridized carbons (Fsp3) is 0.444. The van der Waals surface area contributed by atoms with Crippen LogP contribution in [-0.2, 0) is 9.53 Å². The Morgan fingerprint density at radius 1 is 1.55 bits per heavy atom. The van der Waals surface area contributed by atoms with Crippen LogP contribution in [0.2, 0.25) is 0 Å². The van der Waals surface area contributed by atoms with Crippen LogP contribution in [0.4, 0.5) is 0 Å². The van der Waals surface area contributed by atoms with Gasteiger partial charge in [0, 0.05) is 6.08 Å². The van der Waals surface area contributed by atoms with Gasteiger partial charge in [-0.25, -0.2) is 4.79 Å². The second-order valence-corrected chi connectivity index (χ2v) is 2.26. The third kappa shape index (κ3) is 5.40. The van der Waals surface area contributed by atoms with Crippen LogP contribution < -0.4 is 0 Å². The zero-order valence-electron chi connectivity index (χ0n) is 7.26. The molecular formula is C9H14O2. The largest absolute Gasteiger partial charge is 0.466 e. The third-order valence-electron chi connectivity index (χ3n) is 1.39. The minimum absolute atomic E-state index is 0.297. The lowest BCUT2D eigenvalue weighted by atomic mass is 10.2. The molecule has 0 heterocycles. The van der Waals surface area contributed by atoms with Gasteiger partial charge < -0.3 is 4.74 Å². The normalized spacial score (nSPS) is 12.1. The Bertz CT molecular complexity index is 178. The van der Waals surface area contributed by atoms with Gasteiger partial charge in [-0.05, 0) is 20.3 Å². The molecule has 0 unspecified atom stereocenters. The van der Waals surface area contributed by atoms with Crippen LogP contribution in [0.5, 0.6) is 0 Å². The summed E-state index contributed by atoms with van der Waals surface area (Å²) in [6.07, 6.45) is 6.06. The number of methoxy groups -OCH3 is 1. The molecule has 0 N–H and O–H groups in total. The molecule has 0 rings (SSSR count). The van der Waals surface area contributed by atoms with Crippen molar-refractivity contribution >= 4 is 5.97 Å². The molecule has 0 aliphatic rings. The summed E-state index contributed by atoms with van der Waals surface area (Å²) in [5, 5.41) is 0. The van der Waals surface area contributed by atoms with E-state index in [-0.39, 0.29) is 5.97 Å². The summed E-state index contributed by atoms with van der Waals surface area (Å²) in [7, 11) is 1.37. The van der Waals surface area contributed by atoms with Gasteiger partial charge in [0.1, 0.15) is 0 Å². The van der Waals surface area contributed by atoms with Crippen molar-refractivity contribution in [3.05, 3.63) is 23.8 Å². The van der Waals surface area contributed by atoms with Crippen LogP contribution in [0.15, 0.2) is 23.8 Å². The molecule has 2 heteroatoms. The molecule has 0 radical (unpaired) electrons. The highest BCUT2D eigenvalue weighted by Gasteiger charge is 1.89. The lowest BCUT2D eigenvalue weighted by Crippen LogP contribution is -1.93. The van der Waals surface area contributed by atoms with Crippen LogP contribution in [0, 0.1) is 0 Å². The summed E-state index contributed by atoms with van der Waals surface area (Å²) in [4.78, 5) is 10.6. The molecule has 0 atom stereocenters. The van der Waals surface area contributed by atoms with Gasteiger partial charge in [0.05, 0.1) is 7.11 Å². The van der Waals surface area contributed by atoms with E-state index in [0.29, 0.717) is 0 Å². The highest BCUT2D eigenvalue weighted by molar-refractivity contribution is 5.81. The zero-order valence-corrected chi connectivity index (χ0v) is 7.26. The molecule has 0 saturated heterocycles. The molecule has 0 bridgehead atoms. The third-order valence-corrected chi connectivity index (χ3v) is 1.39. The molecule has 11 heavy (non-hydrogen) atoms. The lowest BCUT2D eigenvalue weighted by molar-refractivity contribution is -0.134. The molecule has 62 valence electrons. The topological polar surface area (TPSA) is 26.3 Å². The highest BCUT2D eigenvalue weighted by atomic mass is 16.5. The van der Waals surface area contributed by atoms with Crippen LogP contribution in [0.25, 0.3) is 0 Å². The van der Waals surface area contributed by atoms with Gasteiger partial charge in [-0.15, -0.1) is 0 Å². The van der Waals surface area contributed by atoms with E-state index in [1.165, 1.54) is 18.8 Å². The highest BCUT2D eigenvalue weighted by Crippen LogP contribution is 1.99. The smallest absolute Gasteiger partial charge is 0.330 e. The fourth-order valence-corrected chi connectivity index (χ4v) is 0.527.